The smallest absolute Gasteiger partial charge is 0.293 e. The lowest BCUT2D eigenvalue weighted by molar-refractivity contribution is 0.0948. The number of nitrogens with one attached hydrogen (secondary N) is 1. The Kier molecular flexibility index (Phi) is 5.20. The number of halogens is 1. The van der Waals surface area contributed by atoms with Gasteiger partial charge in [-0.05, 0) is 41.4 Å². The van der Waals surface area contributed by atoms with E-state index in [0.717, 1.165) is 6.42 Å². The largest absolute Gasteiger partial charge is 0.378 e. The maximum atomic E-state index is 13.0. The van der Waals surface area contributed by atoms with Gasteiger partial charge in [0.1, 0.15) is 5.82 Å². The van der Waals surface area contributed by atoms with E-state index in [9.17, 15) is 9.18 Å². The van der Waals surface area contributed by atoms with Crippen molar-refractivity contribution >= 4 is 17.4 Å². The van der Waals surface area contributed by atoms with Crippen molar-refractivity contribution in [3.8, 4) is 5.82 Å². The molecule has 0 saturated carbocycles. The second-order valence-electron chi connectivity index (χ2n) is 5.66. The third-order valence-corrected chi connectivity index (χ3v) is 3.75. The molecular formula is C16H17FN8O2. The van der Waals surface area contributed by atoms with Gasteiger partial charge in [-0.3, -0.25) is 4.79 Å². The Labute approximate surface area is 153 Å². The molecule has 0 radical (unpaired) electrons. The third kappa shape index (κ3) is 3.81. The number of hydrogen-bond acceptors (Lipinski definition) is 8. The third-order valence-electron chi connectivity index (χ3n) is 3.75. The maximum absolute atomic E-state index is 13.0. The predicted octanol–water partition coefficient (Wildman–Crippen LogP) is 1.48. The van der Waals surface area contributed by atoms with Crippen molar-refractivity contribution < 1.29 is 13.8 Å². The van der Waals surface area contributed by atoms with Crippen molar-refractivity contribution in [2.75, 3.05) is 5.73 Å². The van der Waals surface area contributed by atoms with Crippen molar-refractivity contribution in [2.24, 2.45) is 5.10 Å². The van der Waals surface area contributed by atoms with Gasteiger partial charge in [-0.1, -0.05) is 30.7 Å². The SMILES string of the molecule is CCCc1c(C(=O)NN=C(C)c2ccc(F)cc2)nnn1-c1nonc1N. The standard InChI is InChI=1S/C16H17FN8O2/c1-3-4-12-13(20-24-25(12)15-14(18)22-27-23-15)16(26)21-19-9(2)10-5-7-11(17)8-6-10/h5-8H,3-4H2,1-2H3,(H2,18,22)(H,21,26). The molecule has 0 atom stereocenters. The van der Waals surface area contributed by atoms with Gasteiger partial charge < -0.3 is 5.73 Å². The summed E-state index contributed by atoms with van der Waals surface area (Å²) in [5, 5.41) is 19.1. The zero-order valence-electron chi connectivity index (χ0n) is 14.7. The number of hydrogen-bond donors (Lipinski definition) is 2. The monoisotopic (exact) mass is 372 g/mol. The highest BCUT2D eigenvalue weighted by molar-refractivity contribution is 6.00. The molecular weight excluding hydrogens is 355 g/mol. The summed E-state index contributed by atoms with van der Waals surface area (Å²) in [6.07, 6.45) is 1.24. The molecule has 0 aliphatic heterocycles. The molecule has 1 amide bonds. The molecule has 0 aliphatic carbocycles. The second-order valence-corrected chi connectivity index (χ2v) is 5.66. The number of hydrazone groups is 1. The molecule has 10 nitrogen and oxygen atoms in total. The summed E-state index contributed by atoms with van der Waals surface area (Å²) in [5.41, 5.74) is 9.91. The number of rotatable bonds is 6. The van der Waals surface area contributed by atoms with Crippen LogP contribution in [-0.4, -0.2) is 36.9 Å². The van der Waals surface area contributed by atoms with Crippen molar-refractivity contribution in [1.29, 1.82) is 0 Å². The minimum atomic E-state index is -0.541. The van der Waals surface area contributed by atoms with E-state index in [1.165, 1.54) is 16.8 Å². The van der Waals surface area contributed by atoms with Crippen LogP contribution >= 0.6 is 0 Å². The van der Waals surface area contributed by atoms with Crippen LogP contribution in [0.4, 0.5) is 10.2 Å². The van der Waals surface area contributed by atoms with Gasteiger partial charge in [0, 0.05) is 0 Å². The van der Waals surface area contributed by atoms with Gasteiger partial charge in [0.25, 0.3) is 5.91 Å². The Bertz CT molecular complexity index is 977. The number of benzene rings is 1. The number of carbonyl (C=O) groups excluding carboxylic acids is 1. The molecule has 0 unspecified atom stereocenters. The van der Waals surface area contributed by atoms with Gasteiger partial charge in [-0.15, -0.1) is 5.10 Å². The molecule has 140 valence electrons. The Hall–Kier alpha value is -3.63. The summed E-state index contributed by atoms with van der Waals surface area (Å²) in [7, 11) is 0. The van der Waals surface area contributed by atoms with Crippen molar-refractivity contribution in [2.45, 2.75) is 26.7 Å². The van der Waals surface area contributed by atoms with E-state index in [0.29, 0.717) is 23.4 Å². The predicted molar refractivity (Wildman–Crippen MR) is 93.7 cm³/mol. The summed E-state index contributed by atoms with van der Waals surface area (Å²) in [6.45, 7) is 3.64. The van der Waals surface area contributed by atoms with E-state index < -0.39 is 5.91 Å². The van der Waals surface area contributed by atoms with Crippen LogP contribution in [0.5, 0.6) is 0 Å². The van der Waals surface area contributed by atoms with E-state index in [1.807, 2.05) is 6.92 Å². The molecule has 0 bridgehead atoms. The highest BCUT2D eigenvalue weighted by Crippen LogP contribution is 2.17. The molecule has 3 rings (SSSR count). The van der Waals surface area contributed by atoms with Crippen LogP contribution in [-0.2, 0) is 6.42 Å². The maximum Gasteiger partial charge on any atom is 0.293 e. The number of nitrogens with two attached hydrogens (primary N) is 1. The lowest BCUT2D eigenvalue weighted by Gasteiger charge is -2.04. The van der Waals surface area contributed by atoms with Gasteiger partial charge in [0.05, 0.1) is 11.4 Å². The van der Waals surface area contributed by atoms with Gasteiger partial charge in [-0.25, -0.2) is 14.4 Å². The number of carbonyl (C=O) groups is 1. The molecule has 2 heterocycles. The average molecular weight is 372 g/mol. The van der Waals surface area contributed by atoms with Crippen LogP contribution in [0.1, 0.15) is 42.0 Å². The summed E-state index contributed by atoms with van der Waals surface area (Å²) >= 11 is 0. The van der Waals surface area contributed by atoms with Crippen LogP contribution in [0.25, 0.3) is 5.82 Å². The first-order chi connectivity index (χ1) is 13.0. The van der Waals surface area contributed by atoms with Crippen molar-refractivity contribution in [3.05, 3.63) is 47.0 Å². The van der Waals surface area contributed by atoms with Crippen LogP contribution in [0.15, 0.2) is 34.0 Å². The number of nitrogens with zero attached hydrogens (tertiary/aromatic N) is 6. The first-order valence-electron chi connectivity index (χ1n) is 8.14. The molecule has 27 heavy (non-hydrogen) atoms. The Balaban J connectivity index is 1.84. The summed E-state index contributed by atoms with van der Waals surface area (Å²) in [4.78, 5) is 12.5. The van der Waals surface area contributed by atoms with E-state index in [1.54, 1.807) is 19.1 Å². The van der Waals surface area contributed by atoms with Gasteiger partial charge >= 0.3 is 0 Å². The molecule has 0 saturated heterocycles. The molecule has 1 aromatic carbocycles. The molecule has 11 heteroatoms. The number of nitrogen functional groups attached to an aromatic ring is 1. The molecule has 0 fully saturated rings. The van der Waals surface area contributed by atoms with Crippen LogP contribution in [0.3, 0.4) is 0 Å². The fourth-order valence-corrected chi connectivity index (χ4v) is 2.39. The van der Waals surface area contributed by atoms with E-state index >= 15 is 0 Å². The van der Waals surface area contributed by atoms with Gasteiger partial charge in [0.2, 0.25) is 11.6 Å². The Morgan fingerprint density at radius 3 is 2.70 bits per heavy atom. The van der Waals surface area contributed by atoms with E-state index in [4.69, 9.17) is 5.73 Å². The summed E-state index contributed by atoms with van der Waals surface area (Å²) in [6, 6.07) is 5.77. The molecule has 3 N–H and O–H groups in total. The zero-order valence-corrected chi connectivity index (χ0v) is 14.7. The second kappa shape index (κ2) is 7.72. The molecule has 0 spiro atoms. The minimum Gasteiger partial charge on any atom is -0.378 e. The molecule has 0 aliphatic rings. The first kappa shape index (κ1) is 18.2. The lowest BCUT2D eigenvalue weighted by atomic mass is 10.1. The summed E-state index contributed by atoms with van der Waals surface area (Å²) < 4.78 is 18.9. The van der Waals surface area contributed by atoms with Crippen molar-refractivity contribution in [1.82, 2.24) is 30.7 Å². The molecule has 3 aromatic rings. The quantitative estimate of drug-likeness (QED) is 0.494. The first-order valence-corrected chi connectivity index (χ1v) is 8.14. The van der Waals surface area contributed by atoms with E-state index in [2.05, 4.69) is 35.8 Å². The fourth-order valence-electron chi connectivity index (χ4n) is 2.39. The van der Waals surface area contributed by atoms with Gasteiger partial charge in [0.15, 0.2) is 5.69 Å². The fraction of sp³-hybridized carbons (Fsp3) is 0.250. The lowest BCUT2D eigenvalue weighted by Crippen LogP contribution is -2.21. The number of anilines is 1. The number of amides is 1. The highest BCUT2D eigenvalue weighted by Gasteiger charge is 2.23. The van der Waals surface area contributed by atoms with E-state index in [-0.39, 0.29) is 23.1 Å². The normalized spacial score (nSPS) is 11.6. The highest BCUT2D eigenvalue weighted by atomic mass is 19.1. The number of aromatic nitrogens is 5. The average Bonchev–Trinajstić information content (AvgIpc) is 3.26. The van der Waals surface area contributed by atoms with Gasteiger partial charge in [-0.2, -0.15) is 9.78 Å². The minimum absolute atomic E-state index is 0.0365. The van der Waals surface area contributed by atoms with Crippen LogP contribution < -0.4 is 11.2 Å². The van der Waals surface area contributed by atoms with Crippen LogP contribution in [0, 0.1) is 5.82 Å². The zero-order chi connectivity index (χ0) is 19.4. The topological polar surface area (TPSA) is 137 Å². The van der Waals surface area contributed by atoms with Crippen molar-refractivity contribution in [3.63, 3.8) is 0 Å². The molecule has 2 aromatic heterocycles. The van der Waals surface area contributed by atoms with Crippen LogP contribution in [0.2, 0.25) is 0 Å². The summed E-state index contributed by atoms with van der Waals surface area (Å²) in [5.74, 6) is -0.690. The Morgan fingerprint density at radius 2 is 2.07 bits per heavy atom. The Morgan fingerprint density at radius 1 is 1.33 bits per heavy atom.